The molecular formula is C28H35Cl2N3O6P2. The van der Waals surface area contributed by atoms with Crippen LogP contribution < -0.4 is 24.0 Å². The molecule has 222 valence electrons. The maximum absolute atomic E-state index is 14.4. The summed E-state index contributed by atoms with van der Waals surface area (Å²) in [5.41, 5.74) is 0.715. The lowest BCUT2D eigenvalue weighted by Crippen LogP contribution is -2.45. The van der Waals surface area contributed by atoms with Gasteiger partial charge in [0.15, 0.2) is 5.78 Å². The van der Waals surface area contributed by atoms with E-state index in [1.165, 1.54) is 4.67 Å². The number of halogens is 2. The van der Waals surface area contributed by atoms with Gasteiger partial charge in [0.1, 0.15) is 17.2 Å². The molecule has 2 unspecified atom stereocenters. The number of nitrogens with one attached hydrogen (secondary N) is 2. The summed E-state index contributed by atoms with van der Waals surface area (Å²) in [6.45, 7) is 3.92. The zero-order valence-electron chi connectivity index (χ0n) is 22.9. The van der Waals surface area contributed by atoms with E-state index in [2.05, 4.69) is 10.4 Å². The molecule has 0 heterocycles. The lowest BCUT2D eigenvalue weighted by atomic mass is 10.2. The summed E-state index contributed by atoms with van der Waals surface area (Å²) in [6, 6.07) is 23.2. The van der Waals surface area contributed by atoms with Gasteiger partial charge in [-0.05, 0) is 49.2 Å². The monoisotopic (exact) mass is 641 g/mol. The van der Waals surface area contributed by atoms with Crippen molar-refractivity contribution in [3.63, 3.8) is 0 Å². The normalized spacial score (nSPS) is 13.6. The van der Waals surface area contributed by atoms with E-state index in [1.807, 2.05) is 13.0 Å². The Kier molecular flexibility index (Phi) is 12.9. The second-order valence-corrected chi connectivity index (χ2v) is 13.8. The molecule has 41 heavy (non-hydrogen) atoms. The first kappa shape index (κ1) is 32.8. The molecule has 3 aromatic carbocycles. The van der Waals surface area contributed by atoms with Gasteiger partial charge in [-0.3, -0.25) is 0 Å². The van der Waals surface area contributed by atoms with Crippen LogP contribution in [0.5, 0.6) is 17.2 Å². The number of urea groups is 1. The fourth-order valence-electron chi connectivity index (χ4n) is 3.81. The first-order valence-electron chi connectivity index (χ1n) is 13.1. The lowest BCUT2D eigenvalue weighted by Gasteiger charge is -2.32. The van der Waals surface area contributed by atoms with Crippen molar-refractivity contribution < 1.29 is 27.5 Å². The van der Waals surface area contributed by atoms with Crippen LogP contribution in [0, 0.1) is 6.92 Å². The van der Waals surface area contributed by atoms with Crippen molar-refractivity contribution in [3.05, 3.63) is 90.5 Å². The van der Waals surface area contributed by atoms with Gasteiger partial charge in [-0.1, -0.05) is 67.9 Å². The molecule has 13 heteroatoms. The number of nitrogens with zero attached hydrogens (tertiary/aromatic N) is 1. The Bertz CT molecular complexity index is 1290. The minimum Gasteiger partial charge on any atom is -0.418 e. The third kappa shape index (κ3) is 9.69. The van der Waals surface area contributed by atoms with Crippen molar-refractivity contribution >= 4 is 44.5 Å². The Labute approximate surface area is 251 Å². The number of carbonyl (C=O) groups is 1. The average molecular weight is 642 g/mol. The molecule has 0 saturated heterocycles. The zero-order chi connectivity index (χ0) is 29.7. The van der Waals surface area contributed by atoms with Crippen LogP contribution in [-0.2, 0) is 9.13 Å². The van der Waals surface area contributed by atoms with Crippen molar-refractivity contribution in [2.45, 2.75) is 32.5 Å². The minimum absolute atomic E-state index is 0.116. The first-order chi connectivity index (χ1) is 19.7. The van der Waals surface area contributed by atoms with E-state index < -0.39 is 27.1 Å². The van der Waals surface area contributed by atoms with Gasteiger partial charge in [-0.15, -0.1) is 23.2 Å². The quantitative estimate of drug-likeness (QED) is 0.120. The maximum Gasteiger partial charge on any atom is 0.452 e. The predicted molar refractivity (Wildman–Crippen MR) is 165 cm³/mol. The molecular weight excluding hydrogens is 607 g/mol. The van der Waals surface area contributed by atoms with Gasteiger partial charge in [0, 0.05) is 24.8 Å². The maximum atomic E-state index is 14.4. The Hall–Kier alpha value is -2.67. The highest BCUT2D eigenvalue weighted by Crippen LogP contribution is 2.54. The van der Waals surface area contributed by atoms with E-state index in [9.17, 15) is 13.9 Å². The number of carbonyl (C=O) groups excluding carboxylic acids is 1. The van der Waals surface area contributed by atoms with Crippen molar-refractivity contribution in [2.24, 2.45) is 0 Å². The molecule has 0 fully saturated rings. The largest absolute Gasteiger partial charge is 0.452 e. The van der Waals surface area contributed by atoms with Gasteiger partial charge in [-0.25, -0.2) is 23.7 Å². The SMILES string of the molecule is CCCC(NC(=O)NP(=O)(Oc1ccccc1C)N(CCCl)CCCl)P(=O)(Oc1ccccc1)Oc1ccccc1. The molecule has 3 rings (SSSR count). The van der Waals surface area contributed by atoms with Crippen LogP contribution in [0.3, 0.4) is 0 Å². The van der Waals surface area contributed by atoms with E-state index in [-0.39, 0.29) is 31.3 Å². The lowest BCUT2D eigenvalue weighted by molar-refractivity contribution is 0.239. The smallest absolute Gasteiger partial charge is 0.418 e. The van der Waals surface area contributed by atoms with Crippen LogP contribution in [0.2, 0.25) is 0 Å². The average Bonchev–Trinajstić information content (AvgIpc) is 2.95. The second kappa shape index (κ2) is 16.1. The van der Waals surface area contributed by atoms with Gasteiger partial charge in [-0.2, -0.15) is 0 Å². The summed E-state index contributed by atoms with van der Waals surface area (Å²) in [6.07, 6.45) is 0.771. The van der Waals surface area contributed by atoms with Crippen LogP contribution in [0.25, 0.3) is 0 Å². The molecule has 3 aromatic rings. The standard InChI is InChI=1S/C28H35Cl2N3O6P2/c1-3-12-27(40(35,37-24-14-6-4-7-15-24)38-25-16-8-5-9-17-25)31-28(34)32-41(36,33(21-19-29)22-20-30)39-26-18-11-10-13-23(26)2/h4-11,13-18,27H,3,12,19-22H2,1-2H3,(H2,31,32,34,36). The molecule has 0 saturated carbocycles. The number of rotatable bonds is 16. The number of aryl methyl sites for hydroxylation is 1. The van der Waals surface area contributed by atoms with Crippen molar-refractivity contribution in [3.8, 4) is 17.2 Å². The molecule has 0 spiro atoms. The van der Waals surface area contributed by atoms with Gasteiger partial charge in [0.05, 0.1) is 0 Å². The van der Waals surface area contributed by atoms with Crippen LogP contribution in [0.4, 0.5) is 4.79 Å². The third-order valence-corrected chi connectivity index (χ3v) is 10.3. The molecule has 2 N–H and O–H groups in total. The molecule has 0 bridgehead atoms. The first-order valence-corrected chi connectivity index (χ1v) is 17.4. The summed E-state index contributed by atoms with van der Waals surface area (Å²) >= 11 is 12.0. The van der Waals surface area contributed by atoms with Gasteiger partial charge < -0.3 is 18.9 Å². The van der Waals surface area contributed by atoms with E-state index >= 15 is 0 Å². The summed E-state index contributed by atoms with van der Waals surface area (Å²) < 4.78 is 47.9. The molecule has 0 aromatic heterocycles. The molecule has 2 atom stereocenters. The number of benzene rings is 3. The number of hydrogen-bond donors (Lipinski definition) is 2. The minimum atomic E-state index is -4.10. The van der Waals surface area contributed by atoms with E-state index in [1.54, 1.807) is 85.8 Å². The topological polar surface area (TPSA) is 106 Å². The number of para-hydroxylation sites is 3. The predicted octanol–water partition coefficient (Wildman–Crippen LogP) is 8.04. The summed E-state index contributed by atoms with van der Waals surface area (Å²) in [7, 11) is -8.19. The molecule has 0 radical (unpaired) electrons. The molecule has 0 aliphatic carbocycles. The van der Waals surface area contributed by atoms with Crippen molar-refractivity contribution in [2.75, 3.05) is 24.8 Å². The van der Waals surface area contributed by atoms with Gasteiger partial charge in [0.25, 0.3) is 0 Å². The van der Waals surface area contributed by atoms with Crippen LogP contribution >= 0.6 is 38.5 Å². The highest BCUT2D eigenvalue weighted by atomic mass is 35.5. The summed E-state index contributed by atoms with van der Waals surface area (Å²) in [5.74, 6) is 0.0589. The van der Waals surface area contributed by atoms with Crippen LogP contribution in [-0.4, -0.2) is 41.3 Å². The number of hydrogen-bond acceptors (Lipinski definition) is 6. The fourth-order valence-corrected chi connectivity index (χ4v) is 8.25. The zero-order valence-corrected chi connectivity index (χ0v) is 26.3. The van der Waals surface area contributed by atoms with E-state index in [0.717, 1.165) is 0 Å². The summed E-state index contributed by atoms with van der Waals surface area (Å²) in [4.78, 5) is 13.5. The Morgan fingerprint density at radius 1 is 0.829 bits per heavy atom. The van der Waals surface area contributed by atoms with Gasteiger partial charge >= 0.3 is 21.3 Å². The highest BCUT2D eigenvalue weighted by Gasteiger charge is 2.42. The fraction of sp³-hybridized carbons (Fsp3) is 0.321. The van der Waals surface area contributed by atoms with E-state index in [0.29, 0.717) is 29.2 Å². The molecule has 0 aliphatic heterocycles. The van der Waals surface area contributed by atoms with Gasteiger partial charge in [0.2, 0.25) is 0 Å². The third-order valence-electron chi connectivity index (χ3n) is 5.81. The molecule has 2 amide bonds. The number of amides is 2. The van der Waals surface area contributed by atoms with Crippen LogP contribution in [0.1, 0.15) is 25.3 Å². The van der Waals surface area contributed by atoms with E-state index in [4.69, 9.17) is 36.8 Å². The Morgan fingerprint density at radius 2 is 1.34 bits per heavy atom. The van der Waals surface area contributed by atoms with Crippen molar-refractivity contribution in [1.82, 2.24) is 15.1 Å². The molecule has 9 nitrogen and oxygen atoms in total. The summed E-state index contributed by atoms with van der Waals surface area (Å²) in [5, 5.41) is 5.17. The van der Waals surface area contributed by atoms with Crippen molar-refractivity contribution in [1.29, 1.82) is 0 Å². The highest BCUT2D eigenvalue weighted by molar-refractivity contribution is 7.56. The Balaban J connectivity index is 1.93. The number of alkyl halides is 2. The Morgan fingerprint density at radius 3 is 1.83 bits per heavy atom. The molecule has 0 aliphatic rings. The second-order valence-electron chi connectivity index (χ2n) is 8.95. The van der Waals surface area contributed by atoms with Crippen LogP contribution in [0.15, 0.2) is 84.9 Å².